The lowest BCUT2D eigenvalue weighted by molar-refractivity contribution is -0.141. The highest BCUT2D eigenvalue weighted by Gasteiger charge is 2.53. The molecule has 0 heterocycles. The number of benzene rings is 1. The number of rotatable bonds is 5. The molecule has 1 amide bonds. The zero-order valence-corrected chi connectivity index (χ0v) is 14.0. The lowest BCUT2D eigenvalue weighted by atomic mass is 10.1. The zero-order valence-electron chi connectivity index (χ0n) is 13.2. The Hall–Kier alpha value is -1.89. The van der Waals surface area contributed by atoms with Gasteiger partial charge in [-0.2, -0.15) is 0 Å². The molecule has 1 saturated carbocycles. The second-order valence-electron chi connectivity index (χ2n) is 6.05. The van der Waals surface area contributed by atoms with Crippen LogP contribution in [-0.4, -0.2) is 36.2 Å². The molecule has 1 aromatic carbocycles. The number of aliphatic carboxylic acids is 1. The minimum Gasteiger partial charge on any atom is -0.480 e. The smallest absolute Gasteiger partial charge is 0.325 e. The lowest BCUT2D eigenvalue weighted by Crippen LogP contribution is -2.54. The second-order valence-corrected chi connectivity index (χ2v) is 8.31. The largest absolute Gasteiger partial charge is 0.480 e. The van der Waals surface area contributed by atoms with Gasteiger partial charge in [0.25, 0.3) is 0 Å². The Kier molecular flexibility index (Phi) is 4.79. The summed E-state index contributed by atoms with van der Waals surface area (Å²) < 4.78 is 24.5. The molecule has 0 aromatic heterocycles. The molecule has 0 bridgehead atoms. The van der Waals surface area contributed by atoms with Crippen molar-refractivity contribution in [3.05, 3.63) is 29.8 Å². The molecule has 126 valence electrons. The highest BCUT2D eigenvalue weighted by molar-refractivity contribution is 7.93. The van der Waals surface area contributed by atoms with Crippen LogP contribution in [0.15, 0.2) is 29.2 Å². The van der Waals surface area contributed by atoms with Crippen LogP contribution in [0.3, 0.4) is 0 Å². The number of hydrogen-bond acceptors (Lipinski definition) is 4. The third kappa shape index (κ3) is 3.10. The standard InChI is InChI=1S/C16H21NO5S/c1-11-5-7-13(8-6-11)23(21,22)16(9-3-4-10-16)15(20)17-12(2)14(18)19/h5-8,12H,3-4,9-10H2,1-2H3,(H,17,20)(H,18,19). The first kappa shape index (κ1) is 17.5. The van der Waals surface area contributed by atoms with Gasteiger partial charge in [0.05, 0.1) is 4.90 Å². The van der Waals surface area contributed by atoms with Crippen LogP contribution in [0.25, 0.3) is 0 Å². The number of sulfone groups is 1. The van der Waals surface area contributed by atoms with E-state index >= 15 is 0 Å². The Bertz CT molecular complexity index is 702. The predicted molar refractivity (Wildman–Crippen MR) is 84.8 cm³/mol. The lowest BCUT2D eigenvalue weighted by Gasteiger charge is -2.28. The molecule has 0 aliphatic heterocycles. The predicted octanol–water partition coefficient (Wildman–Crippen LogP) is 1.67. The summed E-state index contributed by atoms with van der Waals surface area (Å²) in [6, 6.07) is 5.24. The quantitative estimate of drug-likeness (QED) is 0.850. The first-order chi connectivity index (χ1) is 10.7. The molecule has 2 rings (SSSR count). The van der Waals surface area contributed by atoms with Crippen molar-refractivity contribution >= 4 is 21.7 Å². The minimum atomic E-state index is -3.89. The molecule has 7 heteroatoms. The van der Waals surface area contributed by atoms with Gasteiger partial charge < -0.3 is 10.4 Å². The van der Waals surface area contributed by atoms with Gasteiger partial charge in [0.15, 0.2) is 14.6 Å². The van der Waals surface area contributed by atoms with Crippen molar-refractivity contribution in [3.63, 3.8) is 0 Å². The third-order valence-corrected chi connectivity index (χ3v) is 6.90. The highest BCUT2D eigenvalue weighted by Crippen LogP contribution is 2.40. The summed E-state index contributed by atoms with van der Waals surface area (Å²) in [4.78, 5) is 23.7. The number of aryl methyl sites for hydroxylation is 1. The maximum absolute atomic E-state index is 13.1. The fourth-order valence-electron chi connectivity index (χ4n) is 2.90. The number of carbonyl (C=O) groups is 2. The van der Waals surface area contributed by atoms with Crippen molar-refractivity contribution in [2.75, 3.05) is 0 Å². The van der Waals surface area contributed by atoms with Gasteiger partial charge in [-0.25, -0.2) is 8.42 Å². The summed E-state index contributed by atoms with van der Waals surface area (Å²) in [6.07, 6.45) is 1.67. The maximum atomic E-state index is 13.1. The molecule has 1 fully saturated rings. The van der Waals surface area contributed by atoms with Crippen LogP contribution in [-0.2, 0) is 19.4 Å². The van der Waals surface area contributed by atoms with Crippen LogP contribution in [0.4, 0.5) is 0 Å². The minimum absolute atomic E-state index is 0.100. The molecule has 2 N–H and O–H groups in total. The Morgan fingerprint density at radius 2 is 1.70 bits per heavy atom. The van der Waals surface area contributed by atoms with E-state index in [-0.39, 0.29) is 17.7 Å². The van der Waals surface area contributed by atoms with Gasteiger partial charge in [0, 0.05) is 0 Å². The zero-order chi connectivity index (χ0) is 17.3. The van der Waals surface area contributed by atoms with E-state index in [1.165, 1.54) is 19.1 Å². The first-order valence-electron chi connectivity index (χ1n) is 7.56. The first-order valence-corrected chi connectivity index (χ1v) is 9.04. The normalized spacial score (nSPS) is 18.3. The summed E-state index contributed by atoms with van der Waals surface area (Å²) in [5, 5.41) is 11.3. The number of nitrogens with one attached hydrogen (secondary N) is 1. The topological polar surface area (TPSA) is 101 Å². The van der Waals surface area contributed by atoms with Crippen LogP contribution in [0, 0.1) is 6.92 Å². The fourth-order valence-corrected chi connectivity index (χ4v) is 4.97. The van der Waals surface area contributed by atoms with Gasteiger partial charge in [-0.05, 0) is 38.8 Å². The molecule has 1 unspecified atom stereocenters. The Morgan fingerprint density at radius 3 is 2.17 bits per heavy atom. The van der Waals surface area contributed by atoms with Crippen molar-refractivity contribution in [3.8, 4) is 0 Å². The Morgan fingerprint density at radius 1 is 1.17 bits per heavy atom. The fraction of sp³-hybridized carbons (Fsp3) is 0.500. The van der Waals surface area contributed by atoms with Gasteiger partial charge in [-0.15, -0.1) is 0 Å². The van der Waals surface area contributed by atoms with E-state index in [0.29, 0.717) is 12.8 Å². The Balaban J connectivity index is 2.42. The number of carbonyl (C=O) groups excluding carboxylic acids is 1. The number of carboxylic acid groups (broad SMARTS) is 1. The molecule has 1 aliphatic carbocycles. The summed E-state index contributed by atoms with van der Waals surface area (Å²) >= 11 is 0. The van der Waals surface area contributed by atoms with Crippen molar-refractivity contribution < 1.29 is 23.1 Å². The number of hydrogen-bond donors (Lipinski definition) is 2. The van der Waals surface area contributed by atoms with Crippen molar-refractivity contribution in [2.45, 2.75) is 55.2 Å². The van der Waals surface area contributed by atoms with Crippen LogP contribution < -0.4 is 5.32 Å². The number of amides is 1. The molecule has 0 saturated heterocycles. The number of carboxylic acids is 1. The second kappa shape index (κ2) is 6.31. The monoisotopic (exact) mass is 339 g/mol. The molecule has 0 radical (unpaired) electrons. The van der Waals surface area contributed by atoms with Gasteiger partial charge >= 0.3 is 5.97 Å². The van der Waals surface area contributed by atoms with Gasteiger partial charge in [0.2, 0.25) is 5.91 Å². The highest BCUT2D eigenvalue weighted by atomic mass is 32.2. The summed E-state index contributed by atoms with van der Waals surface area (Å²) in [5.74, 6) is -1.91. The van der Waals surface area contributed by atoms with E-state index in [2.05, 4.69) is 5.32 Å². The molecular formula is C16H21NO5S. The van der Waals surface area contributed by atoms with E-state index in [1.807, 2.05) is 6.92 Å². The van der Waals surface area contributed by atoms with Gasteiger partial charge in [0.1, 0.15) is 6.04 Å². The summed E-state index contributed by atoms with van der Waals surface area (Å²) in [5.41, 5.74) is 0.924. The molecule has 0 spiro atoms. The molecule has 1 atom stereocenters. The van der Waals surface area contributed by atoms with Crippen LogP contribution in [0.5, 0.6) is 0 Å². The van der Waals surface area contributed by atoms with Crippen molar-refractivity contribution in [1.29, 1.82) is 0 Å². The molecule has 6 nitrogen and oxygen atoms in total. The van der Waals surface area contributed by atoms with E-state index in [9.17, 15) is 18.0 Å². The van der Waals surface area contributed by atoms with Gasteiger partial charge in [-0.1, -0.05) is 30.5 Å². The Labute approximate surface area is 135 Å². The van der Waals surface area contributed by atoms with E-state index in [1.54, 1.807) is 12.1 Å². The molecule has 1 aliphatic rings. The van der Waals surface area contributed by atoms with E-state index in [4.69, 9.17) is 5.11 Å². The molecule has 23 heavy (non-hydrogen) atoms. The van der Waals surface area contributed by atoms with Crippen molar-refractivity contribution in [2.24, 2.45) is 0 Å². The third-order valence-electron chi connectivity index (χ3n) is 4.39. The SMILES string of the molecule is Cc1ccc(S(=O)(=O)C2(C(=O)NC(C)C(=O)O)CCCC2)cc1. The van der Waals surface area contributed by atoms with Gasteiger partial charge in [-0.3, -0.25) is 9.59 Å². The molecular weight excluding hydrogens is 318 g/mol. The van der Waals surface area contributed by atoms with E-state index < -0.39 is 32.5 Å². The van der Waals surface area contributed by atoms with Crippen LogP contribution in [0.2, 0.25) is 0 Å². The van der Waals surface area contributed by atoms with Crippen molar-refractivity contribution in [1.82, 2.24) is 5.32 Å². The average Bonchev–Trinajstić information content (AvgIpc) is 2.98. The summed E-state index contributed by atoms with van der Waals surface area (Å²) in [6.45, 7) is 3.17. The molecule has 1 aromatic rings. The van der Waals surface area contributed by atoms with Crippen LogP contribution in [0.1, 0.15) is 38.2 Å². The summed E-state index contributed by atoms with van der Waals surface area (Å²) in [7, 11) is -3.89. The maximum Gasteiger partial charge on any atom is 0.325 e. The van der Waals surface area contributed by atoms with Crippen LogP contribution >= 0.6 is 0 Å². The van der Waals surface area contributed by atoms with E-state index in [0.717, 1.165) is 5.56 Å². The average molecular weight is 339 g/mol.